The Hall–Kier alpha value is -1.34. The smallest absolute Gasteiger partial charge is 0.211 e. The van der Waals surface area contributed by atoms with Gasteiger partial charge >= 0.3 is 0 Å². The molecule has 0 aliphatic carbocycles. The molecule has 0 heterocycles. The van der Waals surface area contributed by atoms with Gasteiger partial charge in [-0.05, 0) is 17.7 Å². The van der Waals surface area contributed by atoms with E-state index in [2.05, 4.69) is 15.6 Å². The molecule has 0 atom stereocenters. The van der Waals surface area contributed by atoms with Gasteiger partial charge in [-0.1, -0.05) is 23.7 Å². The molecule has 0 saturated heterocycles. The van der Waals surface area contributed by atoms with Crippen LogP contribution in [0.5, 0.6) is 0 Å². The van der Waals surface area contributed by atoms with E-state index in [9.17, 15) is 0 Å². The first kappa shape index (κ1) is 15.7. The van der Waals surface area contributed by atoms with Crippen molar-refractivity contribution in [3.05, 3.63) is 34.9 Å². The summed E-state index contributed by atoms with van der Waals surface area (Å²) >= 11 is 5.77. The average Bonchev–Trinajstić information content (AvgIpc) is 2.25. The van der Waals surface area contributed by atoms with Crippen molar-refractivity contribution < 1.29 is 0 Å². The number of hydrazine groups is 1. The van der Waals surface area contributed by atoms with E-state index < -0.39 is 0 Å². The zero-order chi connectivity index (χ0) is 12.0. The summed E-state index contributed by atoms with van der Waals surface area (Å²) in [5.74, 6) is 5.13. The topological polar surface area (TPSA) is 115 Å². The predicted octanol–water partition coefficient (Wildman–Crippen LogP) is 0.203. The maximum absolute atomic E-state index is 5.77. The van der Waals surface area contributed by atoms with Gasteiger partial charge in [-0.3, -0.25) is 11.3 Å². The lowest BCUT2D eigenvalue weighted by Crippen LogP contribution is -2.30. The summed E-state index contributed by atoms with van der Waals surface area (Å²) in [5.41, 5.74) is 14.3. The lowest BCUT2D eigenvalue weighted by molar-refractivity contribution is 0.841. The Morgan fingerprint density at radius 3 is 2.24 bits per heavy atom. The van der Waals surface area contributed by atoms with Crippen LogP contribution < -0.4 is 22.7 Å². The van der Waals surface area contributed by atoms with Crippen molar-refractivity contribution in [3.63, 3.8) is 0 Å². The van der Waals surface area contributed by atoms with Crippen molar-refractivity contribution in [3.8, 4) is 0 Å². The summed E-state index contributed by atoms with van der Waals surface area (Å²) in [5, 5.41) is 8.10. The first-order valence-corrected chi connectivity index (χ1v) is 4.86. The first-order valence-electron chi connectivity index (χ1n) is 4.48. The summed E-state index contributed by atoms with van der Waals surface area (Å²) in [6.07, 6.45) is 0. The van der Waals surface area contributed by atoms with E-state index in [1.54, 1.807) is 24.3 Å². The third kappa shape index (κ3) is 5.50. The Kier molecular flexibility index (Phi) is 7.24. The Morgan fingerprint density at radius 2 is 1.76 bits per heavy atom. The number of hydrogen-bond donors (Lipinski definition) is 4. The lowest BCUT2D eigenvalue weighted by atomic mass is 10.1. The van der Waals surface area contributed by atoms with Gasteiger partial charge in [0, 0.05) is 5.02 Å². The van der Waals surface area contributed by atoms with Crippen LogP contribution in [0.2, 0.25) is 5.02 Å². The fourth-order valence-corrected chi connectivity index (χ4v) is 1.18. The molecule has 0 amide bonds. The molecule has 0 unspecified atom stereocenters. The van der Waals surface area contributed by atoms with Crippen LogP contribution in [0.3, 0.4) is 0 Å². The highest BCUT2D eigenvalue weighted by Gasteiger charge is 2.02. The molecule has 7 N–H and O–H groups in total. The van der Waals surface area contributed by atoms with E-state index in [0.29, 0.717) is 17.3 Å². The minimum atomic E-state index is -0.108. The summed E-state index contributed by atoms with van der Waals surface area (Å²) < 4.78 is 0. The van der Waals surface area contributed by atoms with E-state index in [1.165, 1.54) is 0 Å². The van der Waals surface area contributed by atoms with Gasteiger partial charge < -0.3 is 11.5 Å². The second kappa shape index (κ2) is 7.86. The number of hydrogen-bond acceptors (Lipinski definition) is 4. The number of nitrogens with zero attached hydrogens (tertiary/aromatic N) is 2. The minimum absolute atomic E-state index is 0. The van der Waals surface area contributed by atoms with E-state index in [1.807, 2.05) is 0 Å². The number of guanidine groups is 1. The highest BCUT2D eigenvalue weighted by Crippen LogP contribution is 2.10. The summed E-state index contributed by atoms with van der Waals surface area (Å²) in [4.78, 5) is 0. The SMILES string of the molecule is Cl.NNCC(=NN=C(N)N)c1ccc(Cl)cc1. The summed E-state index contributed by atoms with van der Waals surface area (Å²) in [6, 6.07) is 7.11. The molecule has 0 aliphatic rings. The zero-order valence-corrected chi connectivity index (χ0v) is 10.5. The maximum atomic E-state index is 5.77. The van der Waals surface area contributed by atoms with Crippen LogP contribution in [-0.4, -0.2) is 18.2 Å². The van der Waals surface area contributed by atoms with Crippen molar-refractivity contribution in [2.45, 2.75) is 0 Å². The summed E-state index contributed by atoms with van der Waals surface area (Å²) in [6.45, 7) is 0.346. The minimum Gasteiger partial charge on any atom is -0.369 e. The molecule has 0 aliphatic heterocycles. The van der Waals surface area contributed by atoms with Crippen molar-refractivity contribution in [1.29, 1.82) is 0 Å². The fourth-order valence-electron chi connectivity index (χ4n) is 1.05. The molecule has 8 heteroatoms. The summed E-state index contributed by atoms with van der Waals surface area (Å²) in [7, 11) is 0. The number of rotatable bonds is 4. The quantitative estimate of drug-likeness (QED) is 0.272. The average molecular weight is 277 g/mol. The van der Waals surface area contributed by atoms with E-state index >= 15 is 0 Å². The monoisotopic (exact) mass is 276 g/mol. The molecule has 17 heavy (non-hydrogen) atoms. The Labute approximate surface area is 110 Å². The van der Waals surface area contributed by atoms with Gasteiger partial charge in [0.15, 0.2) is 0 Å². The van der Waals surface area contributed by atoms with Crippen LogP contribution in [0.25, 0.3) is 0 Å². The highest BCUT2D eigenvalue weighted by atomic mass is 35.5. The van der Waals surface area contributed by atoms with Crippen LogP contribution in [0.4, 0.5) is 0 Å². The van der Waals surface area contributed by atoms with Gasteiger partial charge in [0.2, 0.25) is 5.96 Å². The van der Waals surface area contributed by atoms with Crippen molar-refractivity contribution in [1.82, 2.24) is 5.43 Å². The lowest BCUT2D eigenvalue weighted by Gasteiger charge is -2.04. The molecular weight excluding hydrogens is 263 g/mol. The van der Waals surface area contributed by atoms with Crippen molar-refractivity contribution in [2.24, 2.45) is 27.5 Å². The molecule has 0 fully saturated rings. The Morgan fingerprint density at radius 1 is 1.18 bits per heavy atom. The molecule has 0 radical (unpaired) electrons. The van der Waals surface area contributed by atoms with E-state index in [4.69, 9.17) is 28.9 Å². The number of nitrogens with one attached hydrogen (secondary N) is 1. The molecule has 1 rings (SSSR count). The third-order valence-corrected chi connectivity index (χ3v) is 1.99. The second-order valence-electron chi connectivity index (χ2n) is 2.96. The number of halogens is 2. The molecule has 0 bridgehead atoms. The molecule has 0 saturated carbocycles. The van der Waals surface area contributed by atoms with Crippen LogP contribution >= 0.6 is 24.0 Å². The van der Waals surface area contributed by atoms with Crippen LogP contribution in [0, 0.1) is 0 Å². The van der Waals surface area contributed by atoms with E-state index in [-0.39, 0.29) is 18.4 Å². The molecule has 94 valence electrons. The molecule has 1 aromatic rings. The van der Waals surface area contributed by atoms with Gasteiger partial charge in [0.05, 0.1) is 12.3 Å². The molecule has 1 aromatic carbocycles. The Bertz CT molecular complexity index is 396. The number of benzene rings is 1. The number of nitrogens with two attached hydrogens (primary N) is 3. The van der Waals surface area contributed by atoms with Gasteiger partial charge in [-0.25, -0.2) is 0 Å². The highest BCUT2D eigenvalue weighted by molar-refractivity contribution is 6.30. The fraction of sp³-hybridized carbons (Fsp3) is 0.111. The van der Waals surface area contributed by atoms with Gasteiger partial charge in [-0.15, -0.1) is 22.6 Å². The third-order valence-electron chi connectivity index (χ3n) is 1.73. The van der Waals surface area contributed by atoms with E-state index in [0.717, 1.165) is 5.56 Å². The predicted molar refractivity (Wildman–Crippen MR) is 73.2 cm³/mol. The second-order valence-corrected chi connectivity index (χ2v) is 3.40. The molecular formula is C9H14Cl2N6. The van der Waals surface area contributed by atoms with Crippen LogP contribution in [0.1, 0.15) is 5.56 Å². The Balaban J connectivity index is 0.00000256. The first-order chi connectivity index (χ1) is 7.63. The standard InChI is InChI=1S/C9H13ClN6.ClH/c10-7-3-1-6(2-4-7)8(5-14-13)15-16-9(11)12;/h1-4,14H,5,13H2,(H4,11,12,16);1H. The normalized spacial score (nSPS) is 10.6. The maximum Gasteiger partial charge on any atom is 0.211 e. The van der Waals surface area contributed by atoms with Crippen LogP contribution in [-0.2, 0) is 0 Å². The van der Waals surface area contributed by atoms with Gasteiger partial charge in [-0.2, -0.15) is 0 Å². The van der Waals surface area contributed by atoms with Gasteiger partial charge in [0.1, 0.15) is 0 Å². The van der Waals surface area contributed by atoms with Crippen molar-refractivity contribution in [2.75, 3.05) is 6.54 Å². The molecule has 6 nitrogen and oxygen atoms in total. The van der Waals surface area contributed by atoms with Gasteiger partial charge in [0.25, 0.3) is 0 Å². The van der Waals surface area contributed by atoms with Crippen molar-refractivity contribution >= 4 is 35.7 Å². The molecule has 0 spiro atoms. The van der Waals surface area contributed by atoms with Crippen LogP contribution in [0.15, 0.2) is 34.5 Å². The molecule has 0 aromatic heterocycles. The zero-order valence-electron chi connectivity index (χ0n) is 8.93. The largest absolute Gasteiger partial charge is 0.369 e.